The van der Waals surface area contributed by atoms with Crippen molar-refractivity contribution < 1.29 is 9.59 Å². The van der Waals surface area contributed by atoms with E-state index >= 15 is 0 Å². The molecule has 1 saturated carbocycles. The SMILES string of the molecule is Nc1ccc(/C=C/C(=O)NCC[C@H]2[C@@H]3CN(c4ccccc4)C(=O)[C@H]23)cn1. The van der Waals surface area contributed by atoms with Crippen molar-refractivity contribution in [3.63, 3.8) is 0 Å². The fourth-order valence-electron chi connectivity index (χ4n) is 3.88. The fraction of sp³-hybridized carbons (Fsp3) is 0.286. The Hall–Kier alpha value is -3.15. The number of anilines is 2. The van der Waals surface area contributed by atoms with Crippen LogP contribution in [0.25, 0.3) is 6.08 Å². The highest BCUT2D eigenvalue weighted by atomic mass is 16.2. The van der Waals surface area contributed by atoms with Gasteiger partial charge in [0.2, 0.25) is 11.8 Å². The van der Waals surface area contributed by atoms with Gasteiger partial charge in [0.15, 0.2) is 0 Å². The highest BCUT2D eigenvalue weighted by Crippen LogP contribution is 2.54. The number of fused-ring (bicyclic) bond motifs is 1. The molecule has 2 heterocycles. The van der Waals surface area contributed by atoms with E-state index in [1.165, 1.54) is 6.08 Å². The molecule has 0 spiro atoms. The molecular weight excluding hydrogens is 340 g/mol. The molecule has 1 aromatic heterocycles. The van der Waals surface area contributed by atoms with Crippen LogP contribution in [0.5, 0.6) is 0 Å². The predicted octanol–water partition coefficient (Wildman–Crippen LogP) is 2.09. The van der Waals surface area contributed by atoms with E-state index in [-0.39, 0.29) is 17.7 Å². The molecule has 1 aliphatic carbocycles. The lowest BCUT2D eigenvalue weighted by Gasteiger charge is -2.20. The Balaban J connectivity index is 1.21. The fourth-order valence-corrected chi connectivity index (χ4v) is 3.88. The van der Waals surface area contributed by atoms with Gasteiger partial charge in [-0.15, -0.1) is 0 Å². The van der Waals surface area contributed by atoms with Gasteiger partial charge in [-0.3, -0.25) is 9.59 Å². The number of nitrogens with zero attached hydrogens (tertiary/aromatic N) is 2. The van der Waals surface area contributed by atoms with E-state index in [9.17, 15) is 9.59 Å². The van der Waals surface area contributed by atoms with Crippen LogP contribution in [0.1, 0.15) is 12.0 Å². The van der Waals surface area contributed by atoms with Crippen molar-refractivity contribution in [1.82, 2.24) is 10.3 Å². The number of aromatic nitrogens is 1. The number of pyridine rings is 1. The summed E-state index contributed by atoms with van der Waals surface area (Å²) in [7, 11) is 0. The maximum atomic E-state index is 12.6. The monoisotopic (exact) mass is 362 g/mol. The summed E-state index contributed by atoms with van der Waals surface area (Å²) >= 11 is 0. The van der Waals surface area contributed by atoms with Gasteiger partial charge in [0.1, 0.15) is 5.82 Å². The van der Waals surface area contributed by atoms with Gasteiger partial charge >= 0.3 is 0 Å². The number of benzene rings is 1. The van der Waals surface area contributed by atoms with Crippen molar-refractivity contribution in [3.05, 3.63) is 60.3 Å². The van der Waals surface area contributed by atoms with E-state index in [4.69, 9.17) is 5.73 Å². The molecule has 27 heavy (non-hydrogen) atoms. The zero-order chi connectivity index (χ0) is 18.8. The third-order valence-electron chi connectivity index (χ3n) is 5.36. The highest BCUT2D eigenvalue weighted by Gasteiger charge is 2.60. The zero-order valence-electron chi connectivity index (χ0n) is 14.9. The number of carbonyl (C=O) groups is 2. The second kappa shape index (κ2) is 7.23. The normalized spacial score (nSPS) is 23.5. The molecule has 2 amide bonds. The molecule has 2 aromatic rings. The van der Waals surface area contributed by atoms with Gasteiger partial charge in [-0.05, 0) is 54.2 Å². The van der Waals surface area contributed by atoms with Crippen LogP contribution in [0, 0.1) is 17.8 Å². The van der Waals surface area contributed by atoms with Crippen LogP contribution in [-0.4, -0.2) is 29.9 Å². The van der Waals surface area contributed by atoms with E-state index in [0.717, 1.165) is 24.2 Å². The molecule has 4 rings (SSSR count). The number of piperidine rings is 1. The molecule has 1 saturated heterocycles. The topological polar surface area (TPSA) is 88.3 Å². The maximum Gasteiger partial charge on any atom is 0.244 e. The van der Waals surface area contributed by atoms with Gasteiger partial charge in [-0.25, -0.2) is 4.98 Å². The van der Waals surface area contributed by atoms with Crippen molar-refractivity contribution in [2.45, 2.75) is 6.42 Å². The number of nitrogens with two attached hydrogens (primary N) is 1. The summed E-state index contributed by atoms with van der Waals surface area (Å²) in [4.78, 5) is 30.3. The zero-order valence-corrected chi connectivity index (χ0v) is 14.9. The van der Waals surface area contributed by atoms with E-state index in [2.05, 4.69) is 10.3 Å². The molecule has 0 bridgehead atoms. The standard InChI is InChI=1S/C21H22N4O2/c22-18-8-6-14(12-24-18)7-9-19(26)23-11-10-16-17-13-25(21(27)20(16)17)15-4-2-1-3-5-15/h1-9,12,16-17,20H,10-11,13H2,(H2,22,24)(H,23,26)/b9-7+/t16-,17-,20+/m0/s1. The predicted molar refractivity (Wildman–Crippen MR) is 105 cm³/mol. The molecular formula is C21H22N4O2. The number of hydrogen-bond donors (Lipinski definition) is 2. The molecule has 3 atom stereocenters. The van der Waals surface area contributed by atoms with Crippen LogP contribution in [0.4, 0.5) is 11.5 Å². The molecule has 3 N–H and O–H groups in total. The van der Waals surface area contributed by atoms with Crippen LogP contribution in [0.15, 0.2) is 54.7 Å². The molecule has 138 valence electrons. The van der Waals surface area contributed by atoms with Crippen molar-refractivity contribution in [2.24, 2.45) is 17.8 Å². The smallest absolute Gasteiger partial charge is 0.244 e. The minimum atomic E-state index is -0.144. The Morgan fingerprint density at radius 2 is 2.07 bits per heavy atom. The maximum absolute atomic E-state index is 12.6. The van der Waals surface area contributed by atoms with E-state index in [0.29, 0.717) is 24.2 Å². The van der Waals surface area contributed by atoms with Gasteiger partial charge in [0, 0.05) is 37.0 Å². The number of nitrogens with one attached hydrogen (secondary N) is 1. The van der Waals surface area contributed by atoms with E-state index in [1.54, 1.807) is 18.3 Å². The number of para-hydroxylation sites is 1. The summed E-state index contributed by atoms with van der Waals surface area (Å²) in [6.45, 7) is 1.37. The molecule has 0 radical (unpaired) electrons. The Labute approximate surface area is 158 Å². The van der Waals surface area contributed by atoms with Crippen LogP contribution in [0.3, 0.4) is 0 Å². The third-order valence-corrected chi connectivity index (χ3v) is 5.36. The Morgan fingerprint density at radius 1 is 1.26 bits per heavy atom. The molecule has 1 aliphatic heterocycles. The van der Waals surface area contributed by atoms with Gasteiger partial charge in [-0.1, -0.05) is 18.2 Å². The number of amides is 2. The molecule has 2 aliphatic rings. The van der Waals surface area contributed by atoms with Crippen LogP contribution < -0.4 is 16.0 Å². The largest absolute Gasteiger partial charge is 0.384 e. The summed E-state index contributed by atoms with van der Waals surface area (Å²) in [5.41, 5.74) is 7.33. The Kier molecular flexibility index (Phi) is 4.62. The molecule has 2 fully saturated rings. The van der Waals surface area contributed by atoms with Crippen molar-refractivity contribution in [3.8, 4) is 0 Å². The molecule has 6 nitrogen and oxygen atoms in total. The summed E-state index contributed by atoms with van der Waals surface area (Å²) < 4.78 is 0. The third kappa shape index (κ3) is 3.69. The van der Waals surface area contributed by atoms with Crippen molar-refractivity contribution in [2.75, 3.05) is 23.7 Å². The first-order chi connectivity index (χ1) is 13.1. The number of carbonyl (C=O) groups excluding carboxylic acids is 2. The van der Waals surface area contributed by atoms with Gasteiger partial charge in [0.05, 0.1) is 0 Å². The average molecular weight is 362 g/mol. The second-order valence-corrected chi connectivity index (χ2v) is 7.07. The van der Waals surface area contributed by atoms with Gasteiger partial charge in [0.25, 0.3) is 0 Å². The van der Waals surface area contributed by atoms with Crippen molar-refractivity contribution >= 4 is 29.4 Å². The summed E-state index contributed by atoms with van der Waals surface area (Å²) in [6, 6.07) is 13.3. The molecule has 6 heteroatoms. The van der Waals surface area contributed by atoms with Crippen LogP contribution in [-0.2, 0) is 9.59 Å². The first-order valence-electron chi connectivity index (χ1n) is 9.17. The lowest BCUT2D eigenvalue weighted by Crippen LogP contribution is -2.30. The minimum absolute atomic E-state index is 0.124. The number of nitrogen functional groups attached to an aromatic ring is 1. The second-order valence-electron chi connectivity index (χ2n) is 7.07. The van der Waals surface area contributed by atoms with Crippen molar-refractivity contribution in [1.29, 1.82) is 0 Å². The van der Waals surface area contributed by atoms with E-state index in [1.807, 2.05) is 41.3 Å². The average Bonchev–Trinajstić information content (AvgIpc) is 3.26. The Bertz CT molecular complexity index is 864. The lowest BCUT2D eigenvalue weighted by molar-refractivity contribution is -0.119. The summed E-state index contributed by atoms with van der Waals surface area (Å²) in [5.74, 6) is 1.47. The molecule has 1 aromatic carbocycles. The quantitative estimate of drug-likeness (QED) is 0.770. The number of rotatable bonds is 6. The van der Waals surface area contributed by atoms with Crippen LogP contribution in [0.2, 0.25) is 0 Å². The number of hydrogen-bond acceptors (Lipinski definition) is 4. The van der Waals surface area contributed by atoms with Crippen LogP contribution >= 0.6 is 0 Å². The minimum Gasteiger partial charge on any atom is -0.384 e. The first-order valence-corrected chi connectivity index (χ1v) is 9.17. The first kappa shape index (κ1) is 17.3. The Morgan fingerprint density at radius 3 is 2.74 bits per heavy atom. The molecule has 0 unspecified atom stereocenters. The lowest BCUT2D eigenvalue weighted by atomic mass is 10.1. The summed E-state index contributed by atoms with van der Waals surface area (Å²) in [5, 5.41) is 2.89. The summed E-state index contributed by atoms with van der Waals surface area (Å²) in [6.07, 6.45) is 5.65. The van der Waals surface area contributed by atoms with E-state index < -0.39 is 0 Å². The highest BCUT2D eigenvalue weighted by molar-refractivity contribution is 6.00. The van der Waals surface area contributed by atoms with Gasteiger partial charge in [-0.2, -0.15) is 0 Å². The van der Waals surface area contributed by atoms with Gasteiger partial charge < -0.3 is 16.0 Å².